The molecule has 2 aromatic carbocycles. The number of carbonyl (C=O) groups is 2. The molecule has 1 aliphatic rings. The molecule has 11 heteroatoms. The van der Waals surface area contributed by atoms with Crippen LogP contribution in [-0.4, -0.2) is 42.6 Å². The van der Waals surface area contributed by atoms with Gasteiger partial charge in [0.05, 0.1) is 9.82 Å². The van der Waals surface area contributed by atoms with Gasteiger partial charge in [-0.2, -0.15) is 4.31 Å². The van der Waals surface area contributed by atoms with E-state index in [1.54, 1.807) is 0 Å². The van der Waals surface area contributed by atoms with Crippen LogP contribution in [0.2, 0.25) is 0 Å². The van der Waals surface area contributed by atoms with Gasteiger partial charge in [-0.25, -0.2) is 8.42 Å². The first-order chi connectivity index (χ1) is 15.8. The molecule has 1 aliphatic heterocycles. The fourth-order valence-corrected chi connectivity index (χ4v) is 4.84. The standard InChI is InChI=1S/C22H24N4O6S/c27-21(14-7-17-5-10-19(11-6-17)26(29)30)23-24-22(28)18-8-12-20(13-9-18)33(31,32)25-15-3-1-2-4-16-25/h5-14H,1-4,15-16H2,(H,23,27)(H,24,28)/b14-7+. The minimum atomic E-state index is -3.61. The van der Waals surface area contributed by atoms with Gasteiger partial charge in [-0.05, 0) is 60.9 Å². The van der Waals surface area contributed by atoms with Crippen molar-refractivity contribution in [2.75, 3.05) is 13.1 Å². The number of hydrogen-bond acceptors (Lipinski definition) is 6. The molecule has 10 nitrogen and oxygen atoms in total. The van der Waals surface area contributed by atoms with Gasteiger partial charge in [-0.1, -0.05) is 12.8 Å². The van der Waals surface area contributed by atoms with Gasteiger partial charge in [-0.15, -0.1) is 0 Å². The molecule has 0 atom stereocenters. The Labute approximate surface area is 191 Å². The van der Waals surface area contributed by atoms with E-state index in [-0.39, 0.29) is 16.1 Å². The van der Waals surface area contributed by atoms with Crippen LogP contribution in [0.25, 0.3) is 6.08 Å². The molecule has 0 saturated carbocycles. The molecule has 0 unspecified atom stereocenters. The summed E-state index contributed by atoms with van der Waals surface area (Å²) in [7, 11) is -3.61. The van der Waals surface area contributed by atoms with Gasteiger partial charge in [0, 0.05) is 36.9 Å². The Kier molecular flexibility index (Phi) is 7.91. The molecule has 0 bridgehead atoms. The third-order valence-electron chi connectivity index (χ3n) is 5.15. The van der Waals surface area contributed by atoms with E-state index in [0.717, 1.165) is 31.8 Å². The number of hydrazine groups is 1. The molecule has 3 rings (SSSR count). The highest BCUT2D eigenvalue weighted by Gasteiger charge is 2.25. The Morgan fingerprint density at radius 3 is 2.09 bits per heavy atom. The molecule has 0 aliphatic carbocycles. The van der Waals surface area contributed by atoms with Crippen LogP contribution in [0, 0.1) is 10.1 Å². The number of hydrogen-bond donors (Lipinski definition) is 2. The van der Waals surface area contributed by atoms with E-state index in [1.807, 2.05) is 0 Å². The minimum absolute atomic E-state index is 0.0610. The van der Waals surface area contributed by atoms with E-state index in [9.17, 15) is 28.1 Å². The number of nitrogens with zero attached hydrogens (tertiary/aromatic N) is 2. The van der Waals surface area contributed by atoms with Gasteiger partial charge in [0.1, 0.15) is 0 Å². The van der Waals surface area contributed by atoms with Crippen molar-refractivity contribution in [3.05, 3.63) is 75.8 Å². The van der Waals surface area contributed by atoms with Gasteiger partial charge in [0.2, 0.25) is 10.0 Å². The van der Waals surface area contributed by atoms with E-state index in [4.69, 9.17) is 0 Å². The summed E-state index contributed by atoms with van der Waals surface area (Å²) in [6.45, 7) is 0.980. The smallest absolute Gasteiger partial charge is 0.268 e. The van der Waals surface area contributed by atoms with Crippen molar-refractivity contribution in [3.63, 3.8) is 0 Å². The highest BCUT2D eigenvalue weighted by molar-refractivity contribution is 7.89. The first-order valence-electron chi connectivity index (χ1n) is 10.4. The number of carbonyl (C=O) groups excluding carboxylic acids is 2. The molecule has 33 heavy (non-hydrogen) atoms. The summed E-state index contributed by atoms with van der Waals surface area (Å²) in [6, 6.07) is 11.1. The topological polar surface area (TPSA) is 139 Å². The fourth-order valence-electron chi connectivity index (χ4n) is 3.32. The van der Waals surface area contributed by atoms with Crippen molar-refractivity contribution in [1.29, 1.82) is 0 Å². The molecule has 1 fully saturated rings. The van der Waals surface area contributed by atoms with E-state index >= 15 is 0 Å². The van der Waals surface area contributed by atoms with Crippen LogP contribution in [0.4, 0.5) is 5.69 Å². The van der Waals surface area contributed by atoms with Crippen molar-refractivity contribution in [2.45, 2.75) is 30.6 Å². The number of nitro benzene ring substituents is 1. The van der Waals surface area contributed by atoms with Gasteiger partial charge in [0.15, 0.2) is 0 Å². The van der Waals surface area contributed by atoms with Crippen molar-refractivity contribution in [3.8, 4) is 0 Å². The van der Waals surface area contributed by atoms with E-state index < -0.39 is 26.8 Å². The summed E-state index contributed by atoms with van der Waals surface area (Å²) in [4.78, 5) is 34.4. The lowest BCUT2D eigenvalue weighted by Gasteiger charge is -2.20. The number of rotatable bonds is 6. The molecule has 1 heterocycles. The zero-order chi connectivity index (χ0) is 23.8. The van der Waals surface area contributed by atoms with Gasteiger partial charge in [0.25, 0.3) is 17.5 Å². The molecule has 1 saturated heterocycles. The Morgan fingerprint density at radius 1 is 0.909 bits per heavy atom. The lowest BCUT2D eigenvalue weighted by atomic mass is 10.2. The summed E-state index contributed by atoms with van der Waals surface area (Å²) in [5, 5.41) is 10.6. The predicted molar refractivity (Wildman–Crippen MR) is 121 cm³/mol. The Morgan fingerprint density at radius 2 is 1.52 bits per heavy atom. The Balaban J connectivity index is 1.54. The van der Waals surface area contributed by atoms with Gasteiger partial charge in [-0.3, -0.25) is 30.6 Å². The molecule has 2 aromatic rings. The van der Waals surface area contributed by atoms with Crippen molar-refractivity contribution in [1.82, 2.24) is 15.2 Å². The lowest BCUT2D eigenvalue weighted by molar-refractivity contribution is -0.384. The van der Waals surface area contributed by atoms with Crippen molar-refractivity contribution in [2.24, 2.45) is 0 Å². The molecule has 0 spiro atoms. The lowest BCUT2D eigenvalue weighted by Crippen LogP contribution is -2.40. The number of benzene rings is 2. The van der Waals surface area contributed by atoms with Crippen molar-refractivity contribution < 1.29 is 22.9 Å². The van der Waals surface area contributed by atoms with Crippen LogP contribution in [0.15, 0.2) is 59.5 Å². The van der Waals surface area contributed by atoms with E-state index in [2.05, 4.69) is 10.9 Å². The van der Waals surface area contributed by atoms with Crippen LogP contribution >= 0.6 is 0 Å². The van der Waals surface area contributed by atoms with Crippen LogP contribution in [0.1, 0.15) is 41.6 Å². The normalized spacial score (nSPS) is 15.0. The Bertz CT molecular complexity index is 1140. The second kappa shape index (κ2) is 10.8. The van der Waals surface area contributed by atoms with Crippen LogP contribution in [0.5, 0.6) is 0 Å². The summed E-state index contributed by atoms with van der Waals surface area (Å²) < 4.78 is 27.1. The maximum Gasteiger partial charge on any atom is 0.269 e. The predicted octanol–water partition coefficient (Wildman–Crippen LogP) is 2.63. The summed E-state index contributed by atoms with van der Waals surface area (Å²) >= 11 is 0. The third kappa shape index (κ3) is 6.46. The van der Waals surface area contributed by atoms with E-state index in [0.29, 0.717) is 18.7 Å². The van der Waals surface area contributed by atoms with Gasteiger partial charge < -0.3 is 0 Å². The van der Waals surface area contributed by atoms with Gasteiger partial charge >= 0.3 is 0 Å². The summed E-state index contributed by atoms with van der Waals surface area (Å²) in [5.41, 5.74) is 5.17. The number of nitrogens with one attached hydrogen (secondary N) is 2. The molecule has 0 radical (unpaired) electrons. The molecule has 2 N–H and O–H groups in total. The largest absolute Gasteiger partial charge is 0.269 e. The van der Waals surface area contributed by atoms with Crippen LogP contribution < -0.4 is 10.9 Å². The quantitative estimate of drug-likeness (QED) is 0.376. The number of amides is 2. The van der Waals surface area contributed by atoms with Crippen molar-refractivity contribution >= 4 is 33.6 Å². The summed E-state index contributed by atoms with van der Waals surface area (Å²) in [6.07, 6.45) is 6.29. The van der Waals surface area contributed by atoms with Crippen LogP contribution in [0.3, 0.4) is 0 Å². The zero-order valence-electron chi connectivity index (χ0n) is 17.8. The fraction of sp³-hybridized carbons (Fsp3) is 0.273. The molecule has 2 amide bonds. The second-order valence-corrected chi connectivity index (χ2v) is 9.41. The van der Waals surface area contributed by atoms with Crippen LogP contribution in [-0.2, 0) is 14.8 Å². The first kappa shape index (κ1) is 24.1. The molecule has 174 valence electrons. The minimum Gasteiger partial charge on any atom is -0.268 e. The monoisotopic (exact) mass is 472 g/mol. The maximum atomic E-state index is 12.8. The summed E-state index contributed by atoms with van der Waals surface area (Å²) in [5.74, 6) is -1.21. The number of non-ortho nitro benzene ring substituents is 1. The molecular formula is C22H24N4O6S. The number of nitro groups is 1. The third-order valence-corrected chi connectivity index (χ3v) is 7.06. The zero-order valence-corrected chi connectivity index (χ0v) is 18.6. The maximum absolute atomic E-state index is 12.8. The second-order valence-electron chi connectivity index (χ2n) is 7.47. The first-order valence-corrected chi connectivity index (χ1v) is 11.8. The SMILES string of the molecule is O=C(/C=C/c1ccc([N+](=O)[O-])cc1)NNC(=O)c1ccc(S(=O)(=O)N2CCCCCC2)cc1. The highest BCUT2D eigenvalue weighted by Crippen LogP contribution is 2.20. The average molecular weight is 473 g/mol. The average Bonchev–Trinajstić information content (AvgIpc) is 3.12. The molecular weight excluding hydrogens is 448 g/mol. The molecule has 0 aromatic heterocycles. The number of sulfonamides is 1. The highest BCUT2D eigenvalue weighted by atomic mass is 32.2. The Hall–Kier alpha value is -3.57. The van der Waals surface area contributed by atoms with E-state index in [1.165, 1.54) is 58.9 Å².